The van der Waals surface area contributed by atoms with Gasteiger partial charge in [0.15, 0.2) is 0 Å². The number of rotatable bonds is 2. The maximum Gasteiger partial charge on any atom is 0.216 e. The largest absolute Gasteiger partial charge is 0.381 e. The van der Waals surface area contributed by atoms with Crippen LogP contribution < -0.4 is 0 Å². The highest BCUT2D eigenvalue weighted by atomic mass is 35.5. The number of hydrogen-bond donors (Lipinski definition) is 0. The van der Waals surface area contributed by atoms with Gasteiger partial charge >= 0.3 is 0 Å². The fourth-order valence-corrected chi connectivity index (χ4v) is 1.44. The van der Waals surface area contributed by atoms with Crippen LogP contribution in [0.5, 0.6) is 0 Å². The lowest BCUT2D eigenvalue weighted by Gasteiger charge is -2.25. The lowest BCUT2D eigenvalue weighted by atomic mass is 9.74. The molecule has 0 aliphatic carbocycles. The topological polar surface area (TPSA) is 26.3 Å². The highest BCUT2D eigenvalue weighted by molar-refractivity contribution is 6.68. The summed E-state index contributed by atoms with van der Waals surface area (Å²) in [6.07, 6.45) is 1.69. The quantitative estimate of drug-likeness (QED) is 0.461. The zero-order valence-corrected chi connectivity index (χ0v) is 7.01. The Hall–Kier alpha value is -0.0151. The number of ether oxygens (including phenoxy) is 1. The molecular formula is C7H10BClO2. The van der Waals surface area contributed by atoms with Crippen molar-refractivity contribution in [2.45, 2.75) is 18.7 Å². The maximum atomic E-state index is 10.6. The zero-order valence-electron chi connectivity index (χ0n) is 6.25. The fourth-order valence-electron chi connectivity index (χ4n) is 1.26. The summed E-state index contributed by atoms with van der Waals surface area (Å²) in [5.74, 6) is -0.283. The Kier molecular flexibility index (Phi) is 3.40. The van der Waals surface area contributed by atoms with Crippen LogP contribution in [0.25, 0.3) is 0 Å². The van der Waals surface area contributed by atoms with Gasteiger partial charge in [0.25, 0.3) is 0 Å². The molecule has 0 N–H and O–H groups in total. The molecule has 0 spiro atoms. The molecule has 1 saturated heterocycles. The third-order valence-electron chi connectivity index (χ3n) is 2.04. The minimum absolute atomic E-state index is 0.216. The van der Waals surface area contributed by atoms with Crippen LogP contribution in [0.3, 0.4) is 0 Å². The van der Waals surface area contributed by atoms with Crippen molar-refractivity contribution in [1.29, 1.82) is 0 Å². The van der Waals surface area contributed by atoms with Crippen LogP contribution in [0.1, 0.15) is 12.8 Å². The molecule has 1 fully saturated rings. The monoisotopic (exact) mass is 172 g/mol. The van der Waals surface area contributed by atoms with Crippen LogP contribution in [0, 0.1) is 5.92 Å². The first-order valence-electron chi connectivity index (χ1n) is 3.74. The Morgan fingerprint density at radius 2 is 2.09 bits per heavy atom. The van der Waals surface area contributed by atoms with Crippen molar-refractivity contribution < 1.29 is 9.53 Å². The van der Waals surface area contributed by atoms with E-state index in [2.05, 4.69) is 0 Å². The van der Waals surface area contributed by atoms with Gasteiger partial charge in [0.1, 0.15) is 0 Å². The van der Waals surface area contributed by atoms with Gasteiger partial charge in [0, 0.05) is 13.2 Å². The van der Waals surface area contributed by atoms with Gasteiger partial charge in [-0.15, -0.1) is 0 Å². The number of hydrogen-bond acceptors (Lipinski definition) is 2. The van der Waals surface area contributed by atoms with Crippen molar-refractivity contribution in [1.82, 2.24) is 0 Å². The molecule has 0 saturated carbocycles. The van der Waals surface area contributed by atoms with E-state index in [-0.39, 0.29) is 5.92 Å². The van der Waals surface area contributed by atoms with Gasteiger partial charge < -0.3 is 4.74 Å². The van der Waals surface area contributed by atoms with Crippen molar-refractivity contribution in [3.8, 4) is 0 Å². The molecule has 1 rings (SSSR count). The first-order chi connectivity index (χ1) is 5.22. The Morgan fingerprint density at radius 3 is 2.55 bits per heavy atom. The lowest BCUT2D eigenvalue weighted by molar-refractivity contribution is -0.113. The van der Waals surface area contributed by atoms with Crippen LogP contribution in [0.15, 0.2) is 0 Å². The van der Waals surface area contributed by atoms with Crippen LogP contribution in [-0.4, -0.2) is 26.3 Å². The molecule has 60 valence electrons. The minimum Gasteiger partial charge on any atom is -0.381 e. The van der Waals surface area contributed by atoms with Crippen LogP contribution in [-0.2, 0) is 9.53 Å². The summed E-state index contributed by atoms with van der Waals surface area (Å²) in [7, 11) is 5.55. The van der Waals surface area contributed by atoms with Crippen molar-refractivity contribution in [2.24, 2.45) is 5.92 Å². The molecule has 1 heterocycles. The van der Waals surface area contributed by atoms with Crippen LogP contribution >= 0.6 is 11.6 Å². The zero-order chi connectivity index (χ0) is 8.27. The minimum atomic E-state index is -0.499. The van der Waals surface area contributed by atoms with E-state index >= 15 is 0 Å². The first-order valence-corrected chi connectivity index (χ1v) is 4.12. The highest BCUT2D eigenvalue weighted by Crippen LogP contribution is 2.27. The van der Waals surface area contributed by atoms with Crippen LogP contribution in [0.2, 0.25) is 5.82 Å². The average Bonchev–Trinajstić information content (AvgIpc) is 2.05. The van der Waals surface area contributed by atoms with Crippen molar-refractivity contribution >= 4 is 24.7 Å². The third-order valence-corrected chi connectivity index (χ3v) is 2.29. The Morgan fingerprint density at radius 1 is 1.55 bits per heavy atom. The fraction of sp³-hybridized carbons (Fsp3) is 0.857. The molecular weight excluding hydrogens is 162 g/mol. The molecule has 1 unspecified atom stereocenters. The molecule has 0 aromatic rings. The summed E-state index contributed by atoms with van der Waals surface area (Å²) in [6.45, 7) is 1.39. The van der Waals surface area contributed by atoms with Crippen molar-refractivity contribution in [3.05, 3.63) is 0 Å². The van der Waals surface area contributed by atoms with E-state index in [0.717, 1.165) is 12.8 Å². The SMILES string of the molecule is [B]C(C(=O)Cl)C1CCOCC1. The summed E-state index contributed by atoms with van der Waals surface area (Å²) in [6, 6.07) is 0. The van der Waals surface area contributed by atoms with E-state index in [9.17, 15) is 4.79 Å². The summed E-state index contributed by atoms with van der Waals surface area (Å²) in [5, 5.41) is -0.433. The molecule has 2 nitrogen and oxygen atoms in total. The van der Waals surface area contributed by atoms with Gasteiger partial charge in [-0.25, -0.2) is 0 Å². The third kappa shape index (κ3) is 2.49. The first kappa shape index (κ1) is 9.08. The normalized spacial score (nSPS) is 23.0. The summed E-state index contributed by atoms with van der Waals surface area (Å²) in [5.41, 5.74) is 0. The predicted octanol–water partition coefficient (Wildman–Crippen LogP) is 1.14. The molecule has 1 atom stereocenters. The van der Waals surface area contributed by atoms with Crippen molar-refractivity contribution in [2.75, 3.05) is 13.2 Å². The van der Waals surface area contributed by atoms with Gasteiger partial charge in [-0.1, -0.05) is 0 Å². The Bertz CT molecular complexity index is 145. The van der Waals surface area contributed by atoms with Gasteiger partial charge in [-0.05, 0) is 36.2 Å². The van der Waals surface area contributed by atoms with Gasteiger partial charge in [0.05, 0.1) is 7.85 Å². The lowest BCUT2D eigenvalue weighted by Crippen LogP contribution is -2.23. The summed E-state index contributed by atoms with van der Waals surface area (Å²) < 4.78 is 5.12. The van der Waals surface area contributed by atoms with E-state index in [0.29, 0.717) is 13.2 Å². The number of carbonyl (C=O) groups is 1. The van der Waals surface area contributed by atoms with Crippen LogP contribution in [0.4, 0.5) is 0 Å². The summed E-state index contributed by atoms with van der Waals surface area (Å²) >= 11 is 5.26. The smallest absolute Gasteiger partial charge is 0.216 e. The molecule has 0 aromatic heterocycles. The van der Waals surface area contributed by atoms with E-state index < -0.39 is 11.1 Å². The number of carbonyl (C=O) groups excluding carboxylic acids is 1. The number of halogens is 1. The van der Waals surface area contributed by atoms with E-state index in [4.69, 9.17) is 24.2 Å². The second kappa shape index (κ2) is 4.12. The predicted molar refractivity (Wildman–Crippen MR) is 43.9 cm³/mol. The second-order valence-electron chi connectivity index (χ2n) is 2.78. The molecule has 0 aromatic carbocycles. The van der Waals surface area contributed by atoms with E-state index in [1.54, 1.807) is 0 Å². The summed E-state index contributed by atoms with van der Waals surface area (Å²) in [4.78, 5) is 10.6. The molecule has 11 heavy (non-hydrogen) atoms. The maximum absolute atomic E-state index is 10.6. The van der Waals surface area contributed by atoms with E-state index in [1.165, 1.54) is 0 Å². The average molecular weight is 172 g/mol. The van der Waals surface area contributed by atoms with Crippen molar-refractivity contribution in [3.63, 3.8) is 0 Å². The standard InChI is InChI=1S/C7H10BClO2/c8-6(7(9)10)5-1-3-11-4-2-5/h5-6H,1-4H2. The molecule has 4 heteroatoms. The van der Waals surface area contributed by atoms with Gasteiger partial charge in [-0.3, -0.25) is 4.79 Å². The molecule has 1 aliphatic heterocycles. The molecule has 0 bridgehead atoms. The Labute approximate surface area is 72.7 Å². The molecule has 2 radical (unpaired) electrons. The second-order valence-corrected chi connectivity index (χ2v) is 3.15. The van der Waals surface area contributed by atoms with Gasteiger partial charge in [0.2, 0.25) is 5.24 Å². The molecule has 0 amide bonds. The Balaban J connectivity index is 2.38. The van der Waals surface area contributed by atoms with E-state index in [1.807, 2.05) is 0 Å². The highest BCUT2D eigenvalue weighted by Gasteiger charge is 2.23. The molecule has 1 aliphatic rings. The van der Waals surface area contributed by atoms with Gasteiger partial charge in [-0.2, -0.15) is 0 Å².